The maximum absolute atomic E-state index is 4.60. The summed E-state index contributed by atoms with van der Waals surface area (Å²) in [7, 11) is 1.75. The molecule has 0 amide bonds. The third-order valence-electron chi connectivity index (χ3n) is 3.57. The molecule has 0 fully saturated rings. The van der Waals surface area contributed by atoms with E-state index in [1.807, 2.05) is 36.5 Å². The van der Waals surface area contributed by atoms with Gasteiger partial charge in [-0.25, -0.2) is 4.98 Å². The Morgan fingerprint density at radius 2 is 1.91 bits per heavy atom. The zero-order valence-corrected chi connectivity index (χ0v) is 13.3. The van der Waals surface area contributed by atoms with Crippen molar-refractivity contribution in [2.75, 3.05) is 7.05 Å². The smallest absolute Gasteiger partial charge is 0.191 e. The number of aryl methyl sites for hydroxylation is 1. The molecule has 0 unspecified atom stereocenters. The Bertz CT molecular complexity index is 806. The molecule has 0 saturated heterocycles. The molecule has 3 aromatic rings. The van der Waals surface area contributed by atoms with E-state index in [4.69, 9.17) is 0 Å². The van der Waals surface area contributed by atoms with Crippen molar-refractivity contribution in [2.45, 2.75) is 20.0 Å². The number of nitrogens with zero attached hydrogens (tertiary/aromatic N) is 4. The number of pyridine rings is 2. The van der Waals surface area contributed by atoms with E-state index in [1.165, 1.54) is 5.69 Å². The molecule has 0 saturated carbocycles. The summed E-state index contributed by atoms with van der Waals surface area (Å²) in [6, 6.07) is 11.9. The molecule has 0 radical (unpaired) electrons. The molecule has 0 aromatic carbocycles. The average molecular weight is 308 g/mol. The highest BCUT2D eigenvalue weighted by atomic mass is 15.2. The van der Waals surface area contributed by atoms with E-state index in [9.17, 15) is 0 Å². The zero-order chi connectivity index (χ0) is 16.1. The number of rotatable bonds is 4. The van der Waals surface area contributed by atoms with E-state index in [2.05, 4.69) is 43.0 Å². The van der Waals surface area contributed by atoms with Crippen molar-refractivity contribution >= 4 is 11.6 Å². The first kappa shape index (κ1) is 15.0. The van der Waals surface area contributed by atoms with Crippen LogP contribution < -0.4 is 10.6 Å². The summed E-state index contributed by atoms with van der Waals surface area (Å²) in [4.78, 5) is 13.1. The van der Waals surface area contributed by atoms with Crippen LogP contribution in [0.4, 0.5) is 0 Å². The topological polar surface area (TPSA) is 66.6 Å². The molecule has 3 heterocycles. The average Bonchev–Trinajstić information content (AvgIpc) is 3.00. The van der Waals surface area contributed by atoms with Gasteiger partial charge in [0.05, 0.1) is 24.5 Å². The minimum absolute atomic E-state index is 0.614. The lowest BCUT2D eigenvalue weighted by molar-refractivity contribution is 0.786. The highest BCUT2D eigenvalue weighted by Crippen LogP contribution is 2.08. The summed E-state index contributed by atoms with van der Waals surface area (Å²) < 4.78 is 2.08. The molecule has 3 aromatic heterocycles. The van der Waals surface area contributed by atoms with Crippen LogP contribution >= 0.6 is 0 Å². The maximum atomic E-state index is 4.60. The van der Waals surface area contributed by atoms with Crippen LogP contribution in [0, 0.1) is 6.92 Å². The van der Waals surface area contributed by atoms with Crippen molar-refractivity contribution < 1.29 is 0 Å². The third kappa shape index (κ3) is 3.66. The quantitative estimate of drug-likeness (QED) is 0.571. The molecular weight excluding hydrogens is 288 g/mol. The van der Waals surface area contributed by atoms with Gasteiger partial charge in [0.25, 0.3) is 0 Å². The molecule has 0 aliphatic carbocycles. The van der Waals surface area contributed by atoms with Crippen LogP contribution in [0.15, 0.2) is 53.8 Å². The fourth-order valence-corrected chi connectivity index (χ4v) is 2.36. The number of aromatic nitrogens is 3. The van der Waals surface area contributed by atoms with Gasteiger partial charge in [0, 0.05) is 25.1 Å². The lowest BCUT2D eigenvalue weighted by atomic mass is 10.3. The van der Waals surface area contributed by atoms with Gasteiger partial charge in [-0.15, -0.1) is 0 Å². The van der Waals surface area contributed by atoms with Crippen LogP contribution in [0.3, 0.4) is 0 Å². The highest BCUT2D eigenvalue weighted by Gasteiger charge is 2.04. The molecule has 0 bridgehead atoms. The van der Waals surface area contributed by atoms with Crippen molar-refractivity contribution in [1.29, 1.82) is 0 Å². The SMILES string of the molecule is CN=C(NCc1ccccn1)NCc1cn2c(C)cccc2n1. The first-order valence-corrected chi connectivity index (χ1v) is 7.54. The van der Waals surface area contributed by atoms with Gasteiger partial charge >= 0.3 is 0 Å². The summed E-state index contributed by atoms with van der Waals surface area (Å²) in [6.45, 7) is 3.31. The van der Waals surface area contributed by atoms with Gasteiger partial charge in [0.2, 0.25) is 0 Å². The van der Waals surface area contributed by atoms with Crippen molar-refractivity contribution in [3.8, 4) is 0 Å². The number of guanidine groups is 1. The predicted molar refractivity (Wildman–Crippen MR) is 91.2 cm³/mol. The van der Waals surface area contributed by atoms with Crippen molar-refractivity contribution in [1.82, 2.24) is 25.0 Å². The number of nitrogens with one attached hydrogen (secondary N) is 2. The van der Waals surface area contributed by atoms with Crippen LogP contribution in [0.25, 0.3) is 5.65 Å². The summed E-state index contributed by atoms with van der Waals surface area (Å²) in [5.74, 6) is 0.726. The van der Waals surface area contributed by atoms with Gasteiger partial charge in [0.15, 0.2) is 5.96 Å². The fraction of sp³-hybridized carbons (Fsp3) is 0.235. The molecule has 3 rings (SSSR count). The standard InChI is InChI=1S/C17H20N6/c1-13-6-5-8-16-22-15(12-23(13)16)11-21-17(18-2)20-10-14-7-3-4-9-19-14/h3-9,12H,10-11H2,1-2H3,(H2,18,20,21). The number of hydrogen-bond donors (Lipinski definition) is 2. The zero-order valence-electron chi connectivity index (χ0n) is 13.3. The van der Waals surface area contributed by atoms with Gasteiger partial charge in [-0.1, -0.05) is 12.1 Å². The molecule has 2 N–H and O–H groups in total. The second-order valence-corrected chi connectivity index (χ2v) is 5.23. The van der Waals surface area contributed by atoms with Crippen molar-refractivity contribution in [3.05, 3.63) is 65.9 Å². The molecule has 6 heteroatoms. The van der Waals surface area contributed by atoms with Crippen molar-refractivity contribution in [2.24, 2.45) is 4.99 Å². The second kappa shape index (κ2) is 6.91. The number of aliphatic imine (C=N–C) groups is 1. The van der Waals surface area contributed by atoms with Gasteiger partial charge in [-0.05, 0) is 31.2 Å². The molecule has 118 valence electrons. The van der Waals surface area contributed by atoms with E-state index in [0.717, 1.165) is 23.0 Å². The lowest BCUT2D eigenvalue weighted by Crippen LogP contribution is -2.36. The largest absolute Gasteiger partial charge is 0.351 e. The Balaban J connectivity index is 1.60. The Morgan fingerprint density at radius 1 is 1.09 bits per heavy atom. The van der Waals surface area contributed by atoms with Crippen LogP contribution in [-0.2, 0) is 13.1 Å². The second-order valence-electron chi connectivity index (χ2n) is 5.23. The number of hydrogen-bond acceptors (Lipinski definition) is 3. The Kier molecular flexibility index (Phi) is 4.52. The van der Waals surface area contributed by atoms with Gasteiger partial charge in [0.1, 0.15) is 5.65 Å². The first-order chi connectivity index (χ1) is 11.3. The van der Waals surface area contributed by atoms with Crippen LogP contribution in [0.2, 0.25) is 0 Å². The monoisotopic (exact) mass is 308 g/mol. The summed E-state index contributed by atoms with van der Waals surface area (Å²) in [5, 5.41) is 6.51. The normalized spacial score (nSPS) is 11.7. The molecule has 0 aliphatic rings. The molecule has 6 nitrogen and oxygen atoms in total. The lowest BCUT2D eigenvalue weighted by Gasteiger charge is -2.10. The molecule has 0 atom stereocenters. The highest BCUT2D eigenvalue weighted by molar-refractivity contribution is 5.79. The first-order valence-electron chi connectivity index (χ1n) is 7.54. The van der Waals surface area contributed by atoms with Crippen LogP contribution in [0.5, 0.6) is 0 Å². The Morgan fingerprint density at radius 3 is 2.61 bits per heavy atom. The Labute approximate surface area is 135 Å². The predicted octanol–water partition coefficient (Wildman–Crippen LogP) is 1.90. The van der Waals surface area contributed by atoms with Gasteiger partial charge in [-0.3, -0.25) is 9.98 Å². The van der Waals surface area contributed by atoms with E-state index in [-0.39, 0.29) is 0 Å². The number of imidazole rings is 1. The van der Waals surface area contributed by atoms with Crippen molar-refractivity contribution in [3.63, 3.8) is 0 Å². The minimum Gasteiger partial charge on any atom is -0.351 e. The van der Waals surface area contributed by atoms with E-state index < -0.39 is 0 Å². The van der Waals surface area contributed by atoms with Crippen LogP contribution in [0.1, 0.15) is 17.1 Å². The Hall–Kier alpha value is -2.89. The molecule has 23 heavy (non-hydrogen) atoms. The van der Waals surface area contributed by atoms with E-state index in [1.54, 1.807) is 13.2 Å². The molecule has 0 aliphatic heterocycles. The molecular formula is C17H20N6. The van der Waals surface area contributed by atoms with E-state index in [0.29, 0.717) is 13.1 Å². The fourth-order valence-electron chi connectivity index (χ4n) is 2.36. The summed E-state index contributed by atoms with van der Waals surface area (Å²) in [6.07, 6.45) is 3.83. The van der Waals surface area contributed by atoms with Crippen LogP contribution in [-0.4, -0.2) is 27.4 Å². The number of fused-ring (bicyclic) bond motifs is 1. The maximum Gasteiger partial charge on any atom is 0.191 e. The summed E-state index contributed by atoms with van der Waals surface area (Å²) in [5.41, 5.74) is 4.07. The minimum atomic E-state index is 0.614. The van der Waals surface area contributed by atoms with Gasteiger partial charge in [-0.2, -0.15) is 0 Å². The molecule has 0 spiro atoms. The summed E-state index contributed by atoms with van der Waals surface area (Å²) >= 11 is 0. The van der Waals surface area contributed by atoms with E-state index >= 15 is 0 Å². The van der Waals surface area contributed by atoms with Gasteiger partial charge < -0.3 is 15.0 Å². The third-order valence-corrected chi connectivity index (χ3v) is 3.57.